The summed E-state index contributed by atoms with van der Waals surface area (Å²) < 4.78 is 46.0. The van der Waals surface area contributed by atoms with Gasteiger partial charge in [0.2, 0.25) is 0 Å². The first kappa shape index (κ1) is 19.3. The summed E-state index contributed by atoms with van der Waals surface area (Å²) >= 11 is 0. The summed E-state index contributed by atoms with van der Waals surface area (Å²) in [6, 6.07) is 11.3. The Morgan fingerprint density at radius 3 is 2.74 bits per heavy atom. The van der Waals surface area contributed by atoms with E-state index >= 15 is 0 Å². The quantitative estimate of drug-likeness (QED) is 0.820. The lowest BCUT2D eigenvalue weighted by molar-refractivity contribution is 0.0857. The molecule has 144 valence electrons. The molecule has 27 heavy (non-hydrogen) atoms. The van der Waals surface area contributed by atoms with Crippen molar-refractivity contribution in [3.63, 3.8) is 0 Å². The Balaban J connectivity index is 1.79. The van der Waals surface area contributed by atoms with Crippen LogP contribution in [0.15, 0.2) is 53.4 Å². The maximum Gasteiger partial charge on any atom is 0.264 e. The van der Waals surface area contributed by atoms with Crippen LogP contribution >= 0.6 is 0 Å². The molecule has 0 aliphatic carbocycles. The maximum atomic E-state index is 14.0. The molecule has 0 unspecified atom stereocenters. The number of benzene rings is 2. The third-order valence-electron chi connectivity index (χ3n) is 4.46. The molecule has 2 aromatic rings. The highest BCUT2D eigenvalue weighted by molar-refractivity contribution is 7.92. The van der Waals surface area contributed by atoms with Gasteiger partial charge in [0.1, 0.15) is 5.82 Å². The number of halogens is 1. The lowest BCUT2D eigenvalue weighted by Gasteiger charge is -2.20. The first-order chi connectivity index (χ1) is 12.9. The molecule has 6 nitrogen and oxygen atoms in total. The van der Waals surface area contributed by atoms with Crippen molar-refractivity contribution in [1.82, 2.24) is 5.32 Å². The highest BCUT2D eigenvalue weighted by Gasteiger charge is 2.24. The average molecular weight is 392 g/mol. The van der Waals surface area contributed by atoms with Crippen molar-refractivity contribution in [3.8, 4) is 0 Å². The Labute approximate surface area is 158 Å². The minimum atomic E-state index is -4.01. The molecule has 1 heterocycles. The molecular formula is C19H21FN2O4S. The van der Waals surface area contributed by atoms with Crippen LogP contribution in [0, 0.1) is 5.82 Å². The van der Waals surface area contributed by atoms with E-state index in [9.17, 15) is 17.6 Å². The SMILES string of the molecule is CN(c1ccccc1F)S(=O)(=O)c1cccc(C(=O)NC[C@H]2CCCO2)c1. The van der Waals surface area contributed by atoms with Gasteiger partial charge < -0.3 is 10.1 Å². The van der Waals surface area contributed by atoms with Crippen LogP contribution in [-0.4, -0.2) is 40.6 Å². The van der Waals surface area contributed by atoms with Crippen molar-refractivity contribution >= 4 is 21.6 Å². The van der Waals surface area contributed by atoms with Crippen LogP contribution in [0.1, 0.15) is 23.2 Å². The zero-order valence-electron chi connectivity index (χ0n) is 14.9. The molecule has 1 fully saturated rings. The van der Waals surface area contributed by atoms with E-state index in [1.165, 1.54) is 49.5 Å². The monoisotopic (exact) mass is 392 g/mol. The molecule has 2 aromatic carbocycles. The second kappa shape index (κ2) is 8.06. The van der Waals surface area contributed by atoms with Gasteiger partial charge in [-0.25, -0.2) is 12.8 Å². The fraction of sp³-hybridized carbons (Fsp3) is 0.316. The third kappa shape index (κ3) is 4.28. The molecule has 1 saturated heterocycles. The van der Waals surface area contributed by atoms with Crippen molar-refractivity contribution in [3.05, 3.63) is 59.9 Å². The Hall–Kier alpha value is -2.45. The summed E-state index contributed by atoms with van der Waals surface area (Å²) in [5.41, 5.74) is 0.154. The van der Waals surface area contributed by atoms with E-state index in [4.69, 9.17) is 4.74 Å². The number of ether oxygens (including phenoxy) is 1. The molecule has 0 saturated carbocycles. The molecule has 1 amide bonds. The number of hydrogen-bond donors (Lipinski definition) is 1. The number of carbonyl (C=O) groups excluding carboxylic acids is 1. The standard InChI is InChI=1S/C19H21FN2O4S/c1-22(18-10-3-2-9-17(18)20)27(24,25)16-8-4-6-14(12-16)19(23)21-13-15-7-5-11-26-15/h2-4,6,8-10,12,15H,5,7,11,13H2,1H3,(H,21,23)/t15-/m1/s1. The summed E-state index contributed by atoms with van der Waals surface area (Å²) in [4.78, 5) is 12.3. The van der Waals surface area contributed by atoms with Gasteiger partial charge in [-0.05, 0) is 43.2 Å². The van der Waals surface area contributed by atoms with Gasteiger partial charge in [0.25, 0.3) is 15.9 Å². The predicted octanol–water partition coefficient (Wildman–Crippen LogP) is 2.56. The molecule has 1 atom stereocenters. The molecule has 0 bridgehead atoms. The number of para-hydroxylation sites is 1. The van der Waals surface area contributed by atoms with Gasteiger partial charge in [-0.2, -0.15) is 0 Å². The maximum absolute atomic E-state index is 14.0. The van der Waals surface area contributed by atoms with Crippen LogP contribution in [0.2, 0.25) is 0 Å². The van der Waals surface area contributed by atoms with E-state index < -0.39 is 15.8 Å². The Kier molecular flexibility index (Phi) is 5.76. The molecule has 1 aliphatic rings. The minimum Gasteiger partial charge on any atom is -0.376 e. The number of hydrogen-bond acceptors (Lipinski definition) is 4. The van der Waals surface area contributed by atoms with Crippen molar-refractivity contribution in [2.24, 2.45) is 0 Å². The van der Waals surface area contributed by atoms with Crippen molar-refractivity contribution < 1.29 is 22.3 Å². The van der Waals surface area contributed by atoms with Gasteiger partial charge in [-0.1, -0.05) is 18.2 Å². The molecule has 0 spiro atoms. The summed E-state index contributed by atoms with van der Waals surface area (Å²) in [5.74, 6) is -1.02. The molecule has 0 radical (unpaired) electrons. The molecule has 1 N–H and O–H groups in total. The molecule has 0 aromatic heterocycles. The largest absolute Gasteiger partial charge is 0.376 e. The second-order valence-corrected chi connectivity index (χ2v) is 8.27. The topological polar surface area (TPSA) is 75.7 Å². The summed E-state index contributed by atoms with van der Waals surface area (Å²) in [7, 11) is -2.74. The van der Waals surface area contributed by atoms with Crippen molar-refractivity contribution in [2.45, 2.75) is 23.8 Å². The van der Waals surface area contributed by atoms with Crippen LogP contribution in [-0.2, 0) is 14.8 Å². The van der Waals surface area contributed by atoms with E-state index in [2.05, 4.69) is 5.32 Å². The zero-order valence-corrected chi connectivity index (χ0v) is 15.7. The van der Waals surface area contributed by atoms with Gasteiger partial charge in [-0.15, -0.1) is 0 Å². The molecule has 1 aliphatic heterocycles. The van der Waals surface area contributed by atoms with Crippen molar-refractivity contribution in [2.75, 3.05) is 24.5 Å². The Bertz CT molecular complexity index is 927. The van der Waals surface area contributed by atoms with E-state index in [1.807, 2.05) is 0 Å². The smallest absolute Gasteiger partial charge is 0.264 e. The fourth-order valence-corrected chi connectivity index (χ4v) is 4.16. The molecule has 3 rings (SSSR count). The Morgan fingerprint density at radius 1 is 1.26 bits per heavy atom. The molecular weight excluding hydrogens is 371 g/mol. The highest BCUT2D eigenvalue weighted by atomic mass is 32.2. The number of nitrogens with one attached hydrogen (secondary N) is 1. The van der Waals surface area contributed by atoms with E-state index in [0.717, 1.165) is 17.1 Å². The highest BCUT2D eigenvalue weighted by Crippen LogP contribution is 2.25. The predicted molar refractivity (Wildman–Crippen MR) is 99.7 cm³/mol. The number of nitrogens with zero attached hydrogens (tertiary/aromatic N) is 1. The van der Waals surface area contributed by atoms with Gasteiger partial charge in [0, 0.05) is 25.8 Å². The summed E-state index contributed by atoms with van der Waals surface area (Å²) in [6.07, 6.45) is 1.85. The fourth-order valence-electron chi connectivity index (χ4n) is 2.91. The lowest BCUT2D eigenvalue weighted by atomic mass is 10.2. The van der Waals surface area contributed by atoms with Gasteiger partial charge in [0.05, 0.1) is 16.7 Å². The van der Waals surface area contributed by atoms with E-state index in [-0.39, 0.29) is 28.2 Å². The van der Waals surface area contributed by atoms with E-state index in [0.29, 0.717) is 13.2 Å². The number of rotatable bonds is 6. The third-order valence-corrected chi connectivity index (χ3v) is 6.23. The second-order valence-electron chi connectivity index (χ2n) is 6.30. The van der Waals surface area contributed by atoms with Crippen LogP contribution in [0.3, 0.4) is 0 Å². The number of sulfonamides is 1. The normalized spacial score (nSPS) is 16.9. The number of anilines is 1. The van der Waals surface area contributed by atoms with Crippen LogP contribution in [0.4, 0.5) is 10.1 Å². The van der Waals surface area contributed by atoms with Crippen LogP contribution in [0.5, 0.6) is 0 Å². The Morgan fingerprint density at radius 2 is 2.04 bits per heavy atom. The van der Waals surface area contributed by atoms with E-state index in [1.54, 1.807) is 6.07 Å². The molecule has 8 heteroatoms. The number of carbonyl (C=O) groups is 1. The van der Waals surface area contributed by atoms with Gasteiger partial charge in [0.15, 0.2) is 0 Å². The summed E-state index contributed by atoms with van der Waals surface area (Å²) in [6.45, 7) is 1.07. The minimum absolute atomic E-state index is 0.00643. The lowest BCUT2D eigenvalue weighted by Crippen LogP contribution is -2.32. The van der Waals surface area contributed by atoms with Gasteiger partial charge in [-0.3, -0.25) is 9.10 Å². The summed E-state index contributed by atoms with van der Waals surface area (Å²) in [5, 5.41) is 2.76. The van der Waals surface area contributed by atoms with Crippen molar-refractivity contribution in [1.29, 1.82) is 0 Å². The first-order valence-corrected chi connectivity index (χ1v) is 10.1. The van der Waals surface area contributed by atoms with Crippen LogP contribution in [0.25, 0.3) is 0 Å². The number of amides is 1. The first-order valence-electron chi connectivity index (χ1n) is 8.63. The van der Waals surface area contributed by atoms with Crippen LogP contribution < -0.4 is 9.62 Å². The zero-order chi connectivity index (χ0) is 19.4. The van der Waals surface area contributed by atoms with Gasteiger partial charge >= 0.3 is 0 Å². The average Bonchev–Trinajstić information content (AvgIpc) is 3.19.